The Morgan fingerprint density at radius 2 is 1.83 bits per heavy atom. The highest BCUT2D eigenvalue weighted by Gasteiger charge is 2.25. The van der Waals surface area contributed by atoms with Gasteiger partial charge in [-0.3, -0.25) is 0 Å². The molecule has 0 amide bonds. The van der Waals surface area contributed by atoms with E-state index in [1.165, 1.54) is 18.2 Å². The van der Waals surface area contributed by atoms with Crippen LogP contribution < -0.4 is 5.73 Å². The molecule has 98 valence electrons. The number of hydrogen-bond acceptors (Lipinski definition) is 3. The third-order valence-corrected chi connectivity index (χ3v) is 4.15. The number of sulfonamides is 1. The first-order chi connectivity index (χ1) is 8.43. The van der Waals surface area contributed by atoms with Crippen molar-refractivity contribution >= 4 is 15.7 Å². The molecule has 0 fully saturated rings. The van der Waals surface area contributed by atoms with Crippen molar-refractivity contribution in [3.05, 3.63) is 49.3 Å². The number of nitrogens with zero attached hydrogens (tertiary/aromatic N) is 1. The zero-order valence-electron chi connectivity index (χ0n) is 9.84. The molecule has 0 heterocycles. The topological polar surface area (TPSA) is 63.4 Å². The lowest BCUT2D eigenvalue weighted by molar-refractivity contribution is 0.473. The predicted molar refractivity (Wildman–Crippen MR) is 70.0 cm³/mol. The summed E-state index contributed by atoms with van der Waals surface area (Å²) in [5.41, 5.74) is 5.59. The average Bonchev–Trinajstić information content (AvgIpc) is 2.32. The van der Waals surface area contributed by atoms with E-state index in [4.69, 9.17) is 5.73 Å². The van der Waals surface area contributed by atoms with Crippen molar-refractivity contribution in [2.75, 3.05) is 18.8 Å². The van der Waals surface area contributed by atoms with Crippen LogP contribution in [-0.4, -0.2) is 25.8 Å². The zero-order chi connectivity index (χ0) is 13.8. The van der Waals surface area contributed by atoms with E-state index in [0.717, 1.165) is 16.4 Å². The molecule has 1 rings (SSSR count). The van der Waals surface area contributed by atoms with Crippen molar-refractivity contribution in [2.24, 2.45) is 0 Å². The van der Waals surface area contributed by atoms with Crippen molar-refractivity contribution in [3.63, 3.8) is 0 Å². The second kappa shape index (κ2) is 5.79. The van der Waals surface area contributed by atoms with Crippen molar-refractivity contribution in [1.29, 1.82) is 0 Å². The van der Waals surface area contributed by atoms with E-state index in [0.29, 0.717) is 0 Å². The lowest BCUT2D eigenvalue weighted by Crippen LogP contribution is -2.32. The highest BCUT2D eigenvalue weighted by molar-refractivity contribution is 7.89. The van der Waals surface area contributed by atoms with Crippen LogP contribution in [0, 0.1) is 5.82 Å². The molecule has 6 heteroatoms. The van der Waals surface area contributed by atoms with Gasteiger partial charge in [0.1, 0.15) is 10.7 Å². The maximum atomic E-state index is 13.1. The van der Waals surface area contributed by atoms with Gasteiger partial charge < -0.3 is 5.73 Å². The molecule has 1 aromatic carbocycles. The fourth-order valence-electron chi connectivity index (χ4n) is 1.43. The summed E-state index contributed by atoms with van der Waals surface area (Å²) in [6.45, 7) is 7.17. The molecule has 2 N–H and O–H groups in total. The van der Waals surface area contributed by atoms with E-state index in [2.05, 4.69) is 13.2 Å². The number of anilines is 1. The van der Waals surface area contributed by atoms with Crippen LogP contribution in [-0.2, 0) is 10.0 Å². The Morgan fingerprint density at radius 1 is 1.28 bits per heavy atom. The van der Waals surface area contributed by atoms with Crippen molar-refractivity contribution in [3.8, 4) is 0 Å². The number of benzene rings is 1. The quantitative estimate of drug-likeness (QED) is 0.633. The van der Waals surface area contributed by atoms with Crippen LogP contribution in [0.1, 0.15) is 0 Å². The third kappa shape index (κ3) is 2.96. The lowest BCUT2D eigenvalue weighted by Gasteiger charge is -2.19. The van der Waals surface area contributed by atoms with Gasteiger partial charge in [0.15, 0.2) is 0 Å². The van der Waals surface area contributed by atoms with Gasteiger partial charge in [0.05, 0.1) is 5.69 Å². The highest BCUT2D eigenvalue weighted by atomic mass is 32.2. The number of nitrogens with two attached hydrogens (primary N) is 1. The first-order valence-corrected chi connectivity index (χ1v) is 6.64. The fourth-order valence-corrected chi connectivity index (χ4v) is 2.94. The second-order valence-corrected chi connectivity index (χ2v) is 5.49. The van der Waals surface area contributed by atoms with Crippen molar-refractivity contribution in [2.45, 2.75) is 4.90 Å². The Hall–Kier alpha value is -1.66. The highest BCUT2D eigenvalue weighted by Crippen LogP contribution is 2.23. The van der Waals surface area contributed by atoms with Crippen LogP contribution >= 0.6 is 0 Å². The van der Waals surface area contributed by atoms with E-state index in [9.17, 15) is 12.8 Å². The molecular weight excluding hydrogens is 255 g/mol. The molecule has 0 aromatic heterocycles. The van der Waals surface area contributed by atoms with Crippen LogP contribution in [0.3, 0.4) is 0 Å². The van der Waals surface area contributed by atoms with Crippen molar-refractivity contribution < 1.29 is 12.8 Å². The Balaban J connectivity index is 3.29. The molecule has 0 unspecified atom stereocenters. The molecule has 0 saturated carbocycles. The molecule has 0 aliphatic heterocycles. The Bertz CT molecular complexity index is 545. The smallest absolute Gasteiger partial charge is 0.245 e. The summed E-state index contributed by atoms with van der Waals surface area (Å²) < 4.78 is 38.8. The largest absolute Gasteiger partial charge is 0.398 e. The van der Waals surface area contributed by atoms with Crippen LogP contribution in [0.2, 0.25) is 0 Å². The van der Waals surface area contributed by atoms with E-state index in [-0.39, 0.29) is 23.7 Å². The molecule has 0 aliphatic carbocycles. The van der Waals surface area contributed by atoms with Gasteiger partial charge in [-0.15, -0.1) is 13.2 Å². The summed E-state index contributed by atoms with van der Waals surface area (Å²) in [5, 5.41) is 0. The summed E-state index contributed by atoms with van der Waals surface area (Å²) in [4.78, 5) is -0.244. The van der Waals surface area contributed by atoms with Gasteiger partial charge in [-0.1, -0.05) is 12.2 Å². The van der Waals surface area contributed by atoms with E-state index >= 15 is 0 Å². The fraction of sp³-hybridized carbons (Fsp3) is 0.167. The standard InChI is InChI=1S/C12H15FN2O2S/c1-3-7-15(8-4-2)18(16,17)12-9-10(13)5-6-11(12)14/h3-6,9H,1-2,7-8,14H2. The summed E-state index contributed by atoms with van der Waals surface area (Å²) in [6.07, 6.45) is 2.88. The minimum Gasteiger partial charge on any atom is -0.398 e. The molecule has 0 spiro atoms. The van der Waals surface area contributed by atoms with Gasteiger partial charge >= 0.3 is 0 Å². The SMILES string of the molecule is C=CCN(CC=C)S(=O)(=O)c1cc(F)ccc1N. The third-order valence-electron chi connectivity index (χ3n) is 2.26. The minimum atomic E-state index is -3.85. The van der Waals surface area contributed by atoms with Gasteiger partial charge in [0.25, 0.3) is 0 Å². The van der Waals surface area contributed by atoms with Gasteiger partial charge in [-0.05, 0) is 18.2 Å². The summed E-state index contributed by atoms with van der Waals surface area (Å²) in [5.74, 6) is -0.653. The van der Waals surface area contributed by atoms with Gasteiger partial charge in [0, 0.05) is 13.1 Å². The van der Waals surface area contributed by atoms with Crippen LogP contribution in [0.5, 0.6) is 0 Å². The molecule has 1 aromatic rings. The number of hydrogen-bond donors (Lipinski definition) is 1. The Labute approximate surface area is 106 Å². The molecule has 0 bridgehead atoms. The van der Waals surface area contributed by atoms with Crippen LogP contribution in [0.25, 0.3) is 0 Å². The van der Waals surface area contributed by atoms with Crippen LogP contribution in [0.15, 0.2) is 48.4 Å². The maximum Gasteiger partial charge on any atom is 0.245 e. The number of halogens is 1. The van der Waals surface area contributed by atoms with Crippen LogP contribution in [0.4, 0.5) is 10.1 Å². The molecule has 0 saturated heterocycles. The normalized spacial score (nSPS) is 11.4. The molecular formula is C12H15FN2O2S. The molecule has 0 atom stereocenters. The average molecular weight is 270 g/mol. The Kier molecular flexibility index (Phi) is 4.63. The Morgan fingerprint density at radius 3 is 2.33 bits per heavy atom. The lowest BCUT2D eigenvalue weighted by atomic mass is 10.3. The molecule has 4 nitrogen and oxygen atoms in total. The summed E-state index contributed by atoms with van der Waals surface area (Å²) in [6, 6.07) is 3.24. The summed E-state index contributed by atoms with van der Waals surface area (Å²) in [7, 11) is -3.85. The number of nitrogen functional groups attached to an aromatic ring is 1. The first kappa shape index (κ1) is 14.4. The molecule has 0 aliphatic rings. The maximum absolute atomic E-state index is 13.1. The monoisotopic (exact) mass is 270 g/mol. The van der Waals surface area contributed by atoms with Gasteiger partial charge in [-0.2, -0.15) is 4.31 Å². The van der Waals surface area contributed by atoms with Gasteiger partial charge in [0.2, 0.25) is 10.0 Å². The molecule has 18 heavy (non-hydrogen) atoms. The number of rotatable bonds is 6. The van der Waals surface area contributed by atoms with E-state index < -0.39 is 15.8 Å². The molecule has 0 radical (unpaired) electrons. The van der Waals surface area contributed by atoms with Crippen molar-refractivity contribution in [1.82, 2.24) is 4.31 Å². The first-order valence-electron chi connectivity index (χ1n) is 5.20. The van der Waals surface area contributed by atoms with Gasteiger partial charge in [-0.25, -0.2) is 12.8 Å². The van der Waals surface area contributed by atoms with E-state index in [1.54, 1.807) is 0 Å². The predicted octanol–water partition coefficient (Wildman–Crippen LogP) is 1.77. The minimum absolute atomic E-state index is 0.00882. The summed E-state index contributed by atoms with van der Waals surface area (Å²) >= 11 is 0. The zero-order valence-corrected chi connectivity index (χ0v) is 10.7. The van der Waals surface area contributed by atoms with E-state index in [1.807, 2.05) is 0 Å². The second-order valence-electron chi connectivity index (χ2n) is 3.58.